The van der Waals surface area contributed by atoms with Crippen molar-refractivity contribution in [1.82, 2.24) is 0 Å². The zero-order valence-corrected chi connectivity index (χ0v) is 20.1. The van der Waals surface area contributed by atoms with E-state index in [9.17, 15) is 4.79 Å². The molecule has 0 saturated heterocycles. The van der Waals surface area contributed by atoms with Crippen LogP contribution in [0.25, 0.3) is 0 Å². The third kappa shape index (κ3) is 7.31. The summed E-state index contributed by atoms with van der Waals surface area (Å²) < 4.78 is 10.9. The van der Waals surface area contributed by atoms with E-state index in [1.807, 2.05) is 62.4 Å². The molecule has 0 N–H and O–H groups in total. The molecule has 0 amide bonds. The number of carbonyl (C=O) groups is 1. The summed E-state index contributed by atoms with van der Waals surface area (Å²) in [6.07, 6.45) is 0.966. The summed E-state index contributed by atoms with van der Waals surface area (Å²) in [6, 6.07) is 15.7. The predicted molar refractivity (Wildman–Crippen MR) is 124 cm³/mol. The lowest BCUT2D eigenvalue weighted by molar-refractivity contribution is -0.147. The number of hydrogen-bond donors (Lipinski definition) is 0. The summed E-state index contributed by atoms with van der Waals surface area (Å²) in [4.78, 5) is 15.0. The van der Waals surface area contributed by atoms with Crippen LogP contribution in [-0.2, 0) is 4.79 Å². The SMILES string of the molecule is COc1ccc(SSc2ccc(OC(=O)C(C)(C)C(C)CC(C)(C)C)cc2)cc1. The van der Waals surface area contributed by atoms with Gasteiger partial charge in [-0.3, -0.25) is 4.79 Å². The lowest BCUT2D eigenvalue weighted by atomic mass is 9.72. The summed E-state index contributed by atoms with van der Waals surface area (Å²) in [5, 5.41) is 0. The minimum Gasteiger partial charge on any atom is -0.497 e. The maximum absolute atomic E-state index is 12.8. The van der Waals surface area contributed by atoms with Gasteiger partial charge >= 0.3 is 5.97 Å². The average molecular weight is 433 g/mol. The zero-order valence-electron chi connectivity index (χ0n) is 18.4. The Morgan fingerprint density at radius 3 is 1.72 bits per heavy atom. The number of ether oxygens (including phenoxy) is 2. The Labute approximate surface area is 183 Å². The molecule has 0 heterocycles. The maximum Gasteiger partial charge on any atom is 0.317 e. The third-order valence-corrected chi connectivity index (χ3v) is 7.42. The first-order valence-corrected chi connectivity index (χ1v) is 12.0. The van der Waals surface area contributed by atoms with Crippen molar-refractivity contribution < 1.29 is 14.3 Å². The highest BCUT2D eigenvalue weighted by atomic mass is 33.1. The lowest BCUT2D eigenvalue weighted by Gasteiger charge is -2.33. The van der Waals surface area contributed by atoms with Crippen LogP contribution in [0.4, 0.5) is 0 Å². The fourth-order valence-corrected chi connectivity index (χ4v) is 4.84. The number of esters is 1. The van der Waals surface area contributed by atoms with E-state index in [4.69, 9.17) is 9.47 Å². The van der Waals surface area contributed by atoms with Gasteiger partial charge in [0.1, 0.15) is 11.5 Å². The van der Waals surface area contributed by atoms with Crippen LogP contribution in [0.1, 0.15) is 48.0 Å². The lowest BCUT2D eigenvalue weighted by Crippen LogP contribution is -2.36. The minimum absolute atomic E-state index is 0.178. The van der Waals surface area contributed by atoms with E-state index in [0.29, 0.717) is 5.75 Å². The van der Waals surface area contributed by atoms with Crippen LogP contribution in [0.5, 0.6) is 11.5 Å². The van der Waals surface area contributed by atoms with Gasteiger partial charge in [-0.25, -0.2) is 0 Å². The average Bonchev–Trinajstić information content (AvgIpc) is 2.66. The number of carbonyl (C=O) groups excluding carboxylic acids is 1. The number of rotatable bonds is 8. The van der Waals surface area contributed by atoms with Crippen molar-refractivity contribution in [3.05, 3.63) is 48.5 Å². The van der Waals surface area contributed by atoms with E-state index in [2.05, 4.69) is 27.7 Å². The fourth-order valence-electron chi connectivity index (χ4n) is 2.90. The van der Waals surface area contributed by atoms with Crippen LogP contribution in [0.3, 0.4) is 0 Å². The van der Waals surface area contributed by atoms with Gasteiger partial charge in [0.05, 0.1) is 12.5 Å². The molecule has 5 heteroatoms. The first kappa shape index (κ1) is 23.7. The summed E-state index contributed by atoms with van der Waals surface area (Å²) in [7, 11) is 5.01. The van der Waals surface area contributed by atoms with Gasteiger partial charge < -0.3 is 9.47 Å². The van der Waals surface area contributed by atoms with E-state index in [-0.39, 0.29) is 17.3 Å². The van der Waals surface area contributed by atoms with Crippen LogP contribution in [0, 0.1) is 16.7 Å². The highest BCUT2D eigenvalue weighted by Gasteiger charge is 2.37. The van der Waals surface area contributed by atoms with Crippen molar-refractivity contribution in [1.29, 1.82) is 0 Å². The highest BCUT2D eigenvalue weighted by Crippen LogP contribution is 2.39. The van der Waals surface area contributed by atoms with Crippen LogP contribution >= 0.6 is 21.6 Å². The Morgan fingerprint density at radius 2 is 1.31 bits per heavy atom. The summed E-state index contributed by atoms with van der Waals surface area (Å²) in [5.74, 6) is 1.49. The van der Waals surface area contributed by atoms with Gasteiger partial charge in [0, 0.05) is 9.79 Å². The molecule has 0 bridgehead atoms. The minimum atomic E-state index is -0.537. The van der Waals surface area contributed by atoms with Crippen molar-refractivity contribution in [2.75, 3.05) is 7.11 Å². The Kier molecular flexibility index (Phi) is 8.12. The topological polar surface area (TPSA) is 35.5 Å². The Morgan fingerprint density at radius 1 is 0.862 bits per heavy atom. The van der Waals surface area contributed by atoms with Gasteiger partial charge in [0.25, 0.3) is 0 Å². The summed E-state index contributed by atoms with van der Waals surface area (Å²) in [6.45, 7) is 12.7. The Bertz CT molecular complexity index is 790. The second-order valence-electron chi connectivity index (χ2n) is 9.09. The standard InChI is InChI=1S/C24H32O3S2/c1-17(16-23(2,3)4)24(5,6)22(25)27-19-10-14-21(15-11-19)29-28-20-12-8-18(26-7)9-13-20/h8-15,17H,16H2,1-7H3. The molecule has 0 aliphatic rings. The summed E-state index contributed by atoms with van der Waals surface area (Å²) in [5.41, 5.74) is -0.359. The molecule has 0 fully saturated rings. The molecule has 2 aromatic carbocycles. The molecule has 0 aromatic heterocycles. The van der Waals surface area contributed by atoms with Crippen molar-refractivity contribution in [2.45, 2.75) is 57.8 Å². The van der Waals surface area contributed by atoms with Gasteiger partial charge in [-0.2, -0.15) is 0 Å². The Hall–Kier alpha value is -1.59. The zero-order chi connectivity index (χ0) is 21.7. The smallest absolute Gasteiger partial charge is 0.317 e. The molecule has 0 radical (unpaired) electrons. The van der Waals surface area contributed by atoms with E-state index in [1.165, 1.54) is 0 Å². The molecule has 0 saturated carbocycles. The molecule has 0 spiro atoms. The highest BCUT2D eigenvalue weighted by molar-refractivity contribution is 8.76. The summed E-state index contributed by atoms with van der Waals surface area (Å²) >= 11 is 0. The van der Waals surface area contributed by atoms with E-state index in [1.54, 1.807) is 28.7 Å². The van der Waals surface area contributed by atoms with Crippen LogP contribution in [0.15, 0.2) is 58.3 Å². The van der Waals surface area contributed by atoms with Gasteiger partial charge in [-0.1, -0.05) is 49.3 Å². The van der Waals surface area contributed by atoms with E-state index >= 15 is 0 Å². The van der Waals surface area contributed by atoms with Gasteiger partial charge in [-0.15, -0.1) is 0 Å². The van der Waals surface area contributed by atoms with Crippen molar-refractivity contribution in [3.8, 4) is 11.5 Å². The maximum atomic E-state index is 12.8. The quantitative estimate of drug-likeness (QED) is 0.245. The molecule has 0 aliphatic heterocycles. The second-order valence-corrected chi connectivity index (χ2v) is 11.4. The van der Waals surface area contributed by atoms with Crippen LogP contribution < -0.4 is 9.47 Å². The molecule has 158 valence electrons. The van der Waals surface area contributed by atoms with Crippen LogP contribution in [0.2, 0.25) is 0 Å². The monoisotopic (exact) mass is 432 g/mol. The molecular formula is C24H32O3S2. The molecule has 0 aliphatic carbocycles. The van der Waals surface area contributed by atoms with Gasteiger partial charge in [-0.05, 0) is 80.1 Å². The molecule has 1 unspecified atom stereocenters. The molecule has 29 heavy (non-hydrogen) atoms. The molecule has 3 nitrogen and oxygen atoms in total. The third-order valence-electron chi connectivity index (χ3n) is 5.00. The fraction of sp³-hybridized carbons (Fsp3) is 0.458. The van der Waals surface area contributed by atoms with Crippen molar-refractivity contribution in [3.63, 3.8) is 0 Å². The van der Waals surface area contributed by atoms with Crippen molar-refractivity contribution in [2.24, 2.45) is 16.7 Å². The first-order valence-electron chi connectivity index (χ1n) is 9.82. The molecule has 2 aromatic rings. The van der Waals surface area contributed by atoms with Crippen molar-refractivity contribution >= 4 is 27.6 Å². The van der Waals surface area contributed by atoms with Gasteiger partial charge in [0.2, 0.25) is 0 Å². The van der Waals surface area contributed by atoms with Crippen LogP contribution in [-0.4, -0.2) is 13.1 Å². The Balaban J connectivity index is 1.92. The predicted octanol–water partition coefficient (Wildman–Crippen LogP) is 7.50. The molecule has 1 atom stereocenters. The molecular weight excluding hydrogens is 400 g/mol. The van der Waals surface area contributed by atoms with E-state index in [0.717, 1.165) is 22.0 Å². The first-order chi connectivity index (χ1) is 13.5. The number of methoxy groups -OCH3 is 1. The van der Waals surface area contributed by atoms with Gasteiger partial charge in [0.15, 0.2) is 0 Å². The van der Waals surface area contributed by atoms with E-state index < -0.39 is 5.41 Å². The number of hydrogen-bond acceptors (Lipinski definition) is 5. The molecule has 2 rings (SSSR count). The largest absolute Gasteiger partial charge is 0.497 e. The normalized spacial score (nSPS) is 13.1. The second kappa shape index (κ2) is 9.94. The number of benzene rings is 2.